The zero-order valence-corrected chi connectivity index (χ0v) is 13.9. The number of halogens is 1. The minimum atomic E-state index is -0.314. The van der Waals surface area contributed by atoms with Crippen molar-refractivity contribution in [3.63, 3.8) is 0 Å². The maximum Gasteiger partial charge on any atom is 0.203 e. The number of hydrogen-bond donors (Lipinski definition) is 0. The maximum absolute atomic E-state index is 12.8. The van der Waals surface area contributed by atoms with Crippen molar-refractivity contribution in [1.82, 2.24) is 9.78 Å². The van der Waals surface area contributed by atoms with Crippen molar-refractivity contribution < 1.29 is 18.3 Å². The number of nitrogens with zero attached hydrogens (tertiary/aromatic N) is 2. The third-order valence-electron chi connectivity index (χ3n) is 3.53. The van der Waals surface area contributed by atoms with Crippen LogP contribution in [-0.2, 0) is 13.7 Å². The molecule has 2 heterocycles. The number of aromatic nitrogens is 2. The highest BCUT2D eigenvalue weighted by atomic mass is 19.1. The Morgan fingerprint density at radius 1 is 1.28 bits per heavy atom. The monoisotopic (exact) mass is 340 g/mol. The van der Waals surface area contributed by atoms with Crippen LogP contribution in [0.1, 0.15) is 27.7 Å². The molecule has 2 aromatic heterocycles. The van der Waals surface area contributed by atoms with Crippen LogP contribution in [0.5, 0.6) is 5.75 Å². The van der Waals surface area contributed by atoms with Crippen LogP contribution >= 0.6 is 0 Å². The van der Waals surface area contributed by atoms with E-state index >= 15 is 0 Å². The quantitative estimate of drug-likeness (QED) is 0.504. The van der Waals surface area contributed by atoms with Crippen LogP contribution in [0.25, 0.3) is 6.08 Å². The van der Waals surface area contributed by atoms with E-state index in [0.717, 1.165) is 5.69 Å². The molecule has 0 aliphatic heterocycles. The molecule has 128 valence electrons. The third-order valence-corrected chi connectivity index (χ3v) is 3.53. The highest BCUT2D eigenvalue weighted by Crippen LogP contribution is 2.16. The number of allylic oxidation sites excluding steroid dienone is 1. The van der Waals surface area contributed by atoms with E-state index in [2.05, 4.69) is 5.10 Å². The molecule has 0 unspecified atom stereocenters. The van der Waals surface area contributed by atoms with Gasteiger partial charge in [-0.1, -0.05) is 0 Å². The summed E-state index contributed by atoms with van der Waals surface area (Å²) in [7, 11) is 1.73. The van der Waals surface area contributed by atoms with Crippen molar-refractivity contribution in [3.05, 3.63) is 77.3 Å². The van der Waals surface area contributed by atoms with Crippen molar-refractivity contribution in [2.24, 2.45) is 7.05 Å². The van der Waals surface area contributed by atoms with E-state index in [-0.39, 0.29) is 18.2 Å². The second-order valence-electron chi connectivity index (χ2n) is 5.54. The lowest BCUT2D eigenvalue weighted by Gasteiger charge is -2.03. The van der Waals surface area contributed by atoms with Crippen molar-refractivity contribution >= 4 is 11.9 Å². The smallest absolute Gasteiger partial charge is 0.203 e. The number of rotatable bonds is 6. The minimum absolute atomic E-state index is 0.149. The van der Waals surface area contributed by atoms with Crippen molar-refractivity contribution in [3.8, 4) is 5.75 Å². The summed E-state index contributed by atoms with van der Waals surface area (Å²) in [5.41, 5.74) is 1.30. The lowest BCUT2D eigenvalue weighted by atomic mass is 10.2. The van der Waals surface area contributed by atoms with Gasteiger partial charge in [-0.2, -0.15) is 5.10 Å². The molecule has 0 aliphatic rings. The van der Waals surface area contributed by atoms with E-state index in [0.29, 0.717) is 23.0 Å². The number of benzene rings is 1. The zero-order valence-electron chi connectivity index (χ0n) is 13.9. The van der Waals surface area contributed by atoms with E-state index in [9.17, 15) is 9.18 Å². The molecule has 0 atom stereocenters. The van der Waals surface area contributed by atoms with Crippen LogP contribution in [0.4, 0.5) is 4.39 Å². The summed E-state index contributed by atoms with van der Waals surface area (Å²) in [6.45, 7) is 2.05. The van der Waals surface area contributed by atoms with E-state index in [1.54, 1.807) is 48.1 Å². The number of carbonyl (C=O) groups is 1. The number of ketones is 1. The summed E-state index contributed by atoms with van der Waals surface area (Å²) in [6.07, 6.45) is 3.05. The van der Waals surface area contributed by atoms with Gasteiger partial charge < -0.3 is 9.15 Å². The first-order chi connectivity index (χ1) is 12.0. The summed E-state index contributed by atoms with van der Waals surface area (Å²) < 4.78 is 25.5. The summed E-state index contributed by atoms with van der Waals surface area (Å²) in [5.74, 6) is 1.24. The molecule has 1 aromatic carbocycles. The lowest BCUT2D eigenvalue weighted by Crippen LogP contribution is -2.03. The van der Waals surface area contributed by atoms with E-state index in [1.165, 1.54) is 18.2 Å². The van der Waals surface area contributed by atoms with Gasteiger partial charge in [0, 0.05) is 7.05 Å². The standard InChI is InChI=1S/C19H17FN2O3/c1-13-11-18(22(2)21-13)19(23)10-9-16-7-8-17(25-16)12-24-15-5-3-14(20)4-6-15/h3-11H,12H2,1-2H3. The second kappa shape index (κ2) is 7.17. The Kier molecular flexibility index (Phi) is 4.79. The fraction of sp³-hybridized carbons (Fsp3) is 0.158. The van der Waals surface area contributed by atoms with Crippen LogP contribution in [0, 0.1) is 12.7 Å². The fourth-order valence-corrected chi connectivity index (χ4v) is 2.33. The molecule has 5 nitrogen and oxygen atoms in total. The molecule has 0 saturated carbocycles. The van der Waals surface area contributed by atoms with Crippen LogP contribution in [0.2, 0.25) is 0 Å². The fourth-order valence-electron chi connectivity index (χ4n) is 2.33. The average molecular weight is 340 g/mol. The van der Waals surface area contributed by atoms with Gasteiger partial charge in [0.05, 0.1) is 5.69 Å². The molecular formula is C19H17FN2O3. The summed E-state index contributed by atoms with van der Waals surface area (Å²) in [6, 6.07) is 11.0. The summed E-state index contributed by atoms with van der Waals surface area (Å²) in [5, 5.41) is 4.15. The molecular weight excluding hydrogens is 323 g/mol. The van der Waals surface area contributed by atoms with Gasteiger partial charge in [0.2, 0.25) is 5.78 Å². The number of furan rings is 1. The predicted molar refractivity (Wildman–Crippen MR) is 90.7 cm³/mol. The van der Waals surface area contributed by atoms with Crippen molar-refractivity contribution in [2.75, 3.05) is 0 Å². The number of ether oxygens (including phenoxy) is 1. The Hall–Kier alpha value is -3.15. The highest BCUT2D eigenvalue weighted by molar-refractivity contribution is 6.05. The van der Waals surface area contributed by atoms with E-state index < -0.39 is 0 Å². The Morgan fingerprint density at radius 3 is 2.72 bits per heavy atom. The van der Waals surface area contributed by atoms with Gasteiger partial charge in [-0.3, -0.25) is 9.48 Å². The number of carbonyl (C=O) groups excluding carboxylic acids is 1. The molecule has 0 aliphatic carbocycles. The SMILES string of the molecule is Cc1cc(C(=O)C=Cc2ccc(COc3ccc(F)cc3)o2)n(C)n1. The van der Waals surface area contributed by atoms with E-state index in [1.807, 2.05) is 6.92 Å². The van der Waals surface area contributed by atoms with Gasteiger partial charge in [-0.25, -0.2) is 4.39 Å². The minimum Gasteiger partial charge on any atom is -0.486 e. The Balaban J connectivity index is 1.60. The first kappa shape index (κ1) is 16.7. The maximum atomic E-state index is 12.8. The number of aryl methyl sites for hydroxylation is 2. The zero-order chi connectivity index (χ0) is 17.8. The van der Waals surface area contributed by atoms with Crippen LogP contribution in [0.3, 0.4) is 0 Å². The Labute approximate surface area is 144 Å². The molecule has 6 heteroatoms. The molecule has 0 saturated heterocycles. The Bertz CT molecular complexity index is 907. The molecule has 0 radical (unpaired) electrons. The van der Waals surface area contributed by atoms with Gasteiger partial charge in [0.1, 0.15) is 35.4 Å². The Morgan fingerprint density at radius 2 is 2.04 bits per heavy atom. The van der Waals surface area contributed by atoms with Gasteiger partial charge >= 0.3 is 0 Å². The molecule has 25 heavy (non-hydrogen) atoms. The van der Waals surface area contributed by atoms with Gasteiger partial charge in [0.25, 0.3) is 0 Å². The topological polar surface area (TPSA) is 57.3 Å². The van der Waals surface area contributed by atoms with E-state index in [4.69, 9.17) is 9.15 Å². The predicted octanol–water partition coefficient (Wildman–Crippen LogP) is 3.94. The normalized spacial score (nSPS) is 11.2. The third kappa shape index (κ3) is 4.23. The molecule has 0 spiro atoms. The van der Waals surface area contributed by atoms with Crippen LogP contribution in [-0.4, -0.2) is 15.6 Å². The van der Waals surface area contributed by atoms with Crippen LogP contribution < -0.4 is 4.74 Å². The van der Waals surface area contributed by atoms with Gasteiger partial charge in [-0.15, -0.1) is 0 Å². The van der Waals surface area contributed by atoms with Gasteiger partial charge in [0.15, 0.2) is 0 Å². The molecule has 3 rings (SSSR count). The molecule has 0 bridgehead atoms. The summed E-state index contributed by atoms with van der Waals surface area (Å²) in [4.78, 5) is 12.2. The lowest BCUT2D eigenvalue weighted by molar-refractivity contribution is 0.103. The first-order valence-corrected chi connectivity index (χ1v) is 7.71. The molecule has 0 fully saturated rings. The molecule has 0 N–H and O–H groups in total. The highest BCUT2D eigenvalue weighted by Gasteiger charge is 2.09. The second-order valence-corrected chi connectivity index (χ2v) is 5.54. The first-order valence-electron chi connectivity index (χ1n) is 7.71. The van der Waals surface area contributed by atoms with Gasteiger partial charge in [-0.05, 0) is 61.5 Å². The number of hydrogen-bond acceptors (Lipinski definition) is 4. The van der Waals surface area contributed by atoms with Crippen molar-refractivity contribution in [1.29, 1.82) is 0 Å². The van der Waals surface area contributed by atoms with Crippen molar-refractivity contribution in [2.45, 2.75) is 13.5 Å². The average Bonchev–Trinajstić information content (AvgIpc) is 3.18. The summed E-state index contributed by atoms with van der Waals surface area (Å²) >= 11 is 0. The van der Waals surface area contributed by atoms with Crippen LogP contribution in [0.15, 0.2) is 53.0 Å². The largest absolute Gasteiger partial charge is 0.486 e. The molecule has 3 aromatic rings. The molecule has 0 amide bonds.